The lowest BCUT2D eigenvalue weighted by Gasteiger charge is -2.26. The van der Waals surface area contributed by atoms with E-state index >= 15 is 0 Å². The molecule has 5 nitrogen and oxygen atoms in total. The van der Waals surface area contributed by atoms with Gasteiger partial charge in [-0.05, 0) is 74.9 Å². The van der Waals surface area contributed by atoms with Crippen LogP contribution in [-0.2, 0) is 21.2 Å². The Hall–Kier alpha value is -2.18. The fraction of sp³-hybridized carbons (Fsp3) is 0.458. The van der Waals surface area contributed by atoms with Crippen LogP contribution in [-0.4, -0.2) is 38.3 Å². The van der Waals surface area contributed by atoms with Crippen molar-refractivity contribution in [2.24, 2.45) is 0 Å². The molecule has 0 bridgehead atoms. The topological polar surface area (TPSA) is 57.7 Å². The zero-order valence-corrected chi connectivity index (χ0v) is 19.0. The number of rotatable bonds is 7. The SMILES string of the molecule is CCN(C(=O)CCc1ccc(S(=O)(=O)N2CCCCC2)cc1)c1cc(C)ccc1C. The van der Waals surface area contributed by atoms with E-state index in [0.717, 1.165) is 41.6 Å². The Labute approximate surface area is 180 Å². The summed E-state index contributed by atoms with van der Waals surface area (Å²) in [7, 11) is -3.41. The number of benzene rings is 2. The van der Waals surface area contributed by atoms with Crippen molar-refractivity contribution in [1.82, 2.24) is 4.31 Å². The van der Waals surface area contributed by atoms with E-state index in [9.17, 15) is 13.2 Å². The first-order chi connectivity index (χ1) is 14.3. The molecule has 0 spiro atoms. The molecule has 0 atom stereocenters. The first-order valence-electron chi connectivity index (χ1n) is 10.8. The summed E-state index contributed by atoms with van der Waals surface area (Å²) in [6, 6.07) is 13.2. The molecular weight excluding hydrogens is 396 g/mol. The zero-order chi connectivity index (χ0) is 21.7. The molecule has 1 aliphatic heterocycles. The summed E-state index contributed by atoms with van der Waals surface area (Å²) < 4.78 is 27.1. The highest BCUT2D eigenvalue weighted by atomic mass is 32.2. The summed E-state index contributed by atoms with van der Waals surface area (Å²) in [5, 5.41) is 0. The lowest BCUT2D eigenvalue weighted by molar-refractivity contribution is -0.118. The fourth-order valence-corrected chi connectivity index (χ4v) is 5.48. The molecule has 0 saturated carbocycles. The van der Waals surface area contributed by atoms with Crippen LogP contribution in [0.15, 0.2) is 47.4 Å². The van der Waals surface area contributed by atoms with E-state index in [1.165, 1.54) is 0 Å². The molecule has 6 heteroatoms. The summed E-state index contributed by atoms with van der Waals surface area (Å²) in [5.41, 5.74) is 4.15. The zero-order valence-electron chi connectivity index (χ0n) is 18.2. The summed E-state index contributed by atoms with van der Waals surface area (Å²) in [6.07, 6.45) is 3.92. The third kappa shape index (κ3) is 5.10. The van der Waals surface area contributed by atoms with Gasteiger partial charge in [-0.2, -0.15) is 4.31 Å². The van der Waals surface area contributed by atoms with Crippen molar-refractivity contribution in [1.29, 1.82) is 0 Å². The van der Waals surface area contributed by atoms with E-state index in [1.54, 1.807) is 16.4 Å². The van der Waals surface area contributed by atoms with Crippen LogP contribution >= 0.6 is 0 Å². The minimum Gasteiger partial charge on any atom is -0.312 e. The summed E-state index contributed by atoms with van der Waals surface area (Å²) >= 11 is 0. The van der Waals surface area contributed by atoms with Crippen LogP contribution in [0.4, 0.5) is 5.69 Å². The van der Waals surface area contributed by atoms with Crippen molar-refractivity contribution >= 4 is 21.6 Å². The highest BCUT2D eigenvalue weighted by molar-refractivity contribution is 7.89. The Kier molecular flexibility index (Phi) is 7.32. The average molecular weight is 429 g/mol. The third-order valence-electron chi connectivity index (χ3n) is 5.78. The molecule has 1 fully saturated rings. The van der Waals surface area contributed by atoms with Crippen LogP contribution in [0, 0.1) is 13.8 Å². The van der Waals surface area contributed by atoms with E-state index < -0.39 is 10.0 Å². The molecule has 2 aromatic rings. The maximum atomic E-state index is 12.9. The van der Waals surface area contributed by atoms with Gasteiger partial charge in [0.05, 0.1) is 4.90 Å². The largest absolute Gasteiger partial charge is 0.312 e. The predicted molar refractivity (Wildman–Crippen MR) is 121 cm³/mol. The first kappa shape index (κ1) is 22.5. The molecular formula is C24H32N2O3S. The lowest BCUT2D eigenvalue weighted by atomic mass is 10.1. The van der Waals surface area contributed by atoms with E-state index in [-0.39, 0.29) is 5.91 Å². The number of piperidine rings is 1. The number of amides is 1. The van der Waals surface area contributed by atoms with Gasteiger partial charge in [-0.3, -0.25) is 4.79 Å². The molecule has 1 amide bonds. The standard InChI is InChI=1S/C24H32N2O3S/c1-4-26(23-18-19(2)8-9-20(23)3)24(27)15-12-21-10-13-22(14-11-21)30(28,29)25-16-6-5-7-17-25/h8-11,13-14,18H,4-7,12,15-17H2,1-3H3. The monoisotopic (exact) mass is 428 g/mol. The number of hydrogen-bond donors (Lipinski definition) is 0. The van der Waals surface area contributed by atoms with E-state index in [0.29, 0.717) is 37.4 Å². The smallest absolute Gasteiger partial charge is 0.243 e. The van der Waals surface area contributed by atoms with Gasteiger partial charge in [0.15, 0.2) is 0 Å². The highest BCUT2D eigenvalue weighted by Gasteiger charge is 2.25. The summed E-state index contributed by atoms with van der Waals surface area (Å²) in [5.74, 6) is 0.0798. The molecule has 3 rings (SSSR count). The molecule has 1 heterocycles. The van der Waals surface area contributed by atoms with Crippen LogP contribution in [0.3, 0.4) is 0 Å². The first-order valence-corrected chi connectivity index (χ1v) is 12.2. The van der Waals surface area contributed by atoms with Crippen LogP contribution in [0.1, 0.15) is 49.3 Å². The van der Waals surface area contributed by atoms with Crippen molar-refractivity contribution < 1.29 is 13.2 Å². The molecule has 2 aromatic carbocycles. The Morgan fingerprint density at radius 3 is 2.30 bits per heavy atom. The van der Waals surface area contributed by atoms with E-state index in [4.69, 9.17) is 0 Å². The third-order valence-corrected chi connectivity index (χ3v) is 7.69. The molecule has 0 aliphatic carbocycles. The number of anilines is 1. The normalized spacial score (nSPS) is 15.2. The van der Waals surface area contributed by atoms with E-state index in [2.05, 4.69) is 12.1 Å². The molecule has 0 N–H and O–H groups in total. The van der Waals surface area contributed by atoms with E-state index in [1.807, 2.05) is 43.9 Å². The number of sulfonamides is 1. The minimum absolute atomic E-state index is 0.0798. The van der Waals surface area contributed by atoms with Gasteiger partial charge in [-0.1, -0.05) is 30.7 Å². The lowest BCUT2D eigenvalue weighted by Crippen LogP contribution is -2.35. The van der Waals surface area contributed by atoms with Crippen molar-refractivity contribution in [3.63, 3.8) is 0 Å². The van der Waals surface area contributed by atoms with Crippen molar-refractivity contribution in [3.05, 3.63) is 59.2 Å². The molecule has 0 aromatic heterocycles. The molecule has 1 aliphatic rings. The van der Waals surface area contributed by atoms with Gasteiger partial charge in [0, 0.05) is 31.7 Å². The molecule has 0 unspecified atom stereocenters. The number of carbonyl (C=O) groups excluding carboxylic acids is 1. The number of nitrogens with zero attached hydrogens (tertiary/aromatic N) is 2. The second kappa shape index (κ2) is 9.75. The molecule has 1 saturated heterocycles. The average Bonchev–Trinajstić information content (AvgIpc) is 2.76. The predicted octanol–water partition coefficient (Wildman–Crippen LogP) is 4.46. The maximum Gasteiger partial charge on any atom is 0.243 e. The molecule has 0 radical (unpaired) electrons. The number of aryl methyl sites for hydroxylation is 3. The summed E-state index contributed by atoms with van der Waals surface area (Å²) in [4.78, 5) is 15.0. The van der Waals surface area contributed by atoms with Crippen molar-refractivity contribution in [2.75, 3.05) is 24.5 Å². The number of hydrogen-bond acceptors (Lipinski definition) is 3. The Morgan fingerprint density at radius 1 is 1.00 bits per heavy atom. The van der Waals surface area contributed by atoms with Crippen molar-refractivity contribution in [2.45, 2.75) is 57.8 Å². The van der Waals surface area contributed by atoms with Gasteiger partial charge in [-0.15, -0.1) is 0 Å². The number of carbonyl (C=O) groups is 1. The van der Waals surface area contributed by atoms with Crippen LogP contribution < -0.4 is 4.90 Å². The van der Waals surface area contributed by atoms with Crippen LogP contribution in [0.5, 0.6) is 0 Å². The fourth-order valence-electron chi connectivity index (χ4n) is 3.96. The Morgan fingerprint density at radius 2 is 1.67 bits per heavy atom. The highest BCUT2D eigenvalue weighted by Crippen LogP contribution is 2.24. The van der Waals surface area contributed by atoms with Gasteiger partial charge in [0.1, 0.15) is 0 Å². The van der Waals surface area contributed by atoms with Crippen molar-refractivity contribution in [3.8, 4) is 0 Å². The van der Waals surface area contributed by atoms with Crippen LogP contribution in [0.2, 0.25) is 0 Å². The maximum absolute atomic E-state index is 12.9. The van der Waals surface area contributed by atoms with Gasteiger partial charge in [-0.25, -0.2) is 8.42 Å². The van der Waals surface area contributed by atoms with Gasteiger partial charge in [0.2, 0.25) is 15.9 Å². The Balaban J connectivity index is 1.65. The second-order valence-electron chi connectivity index (χ2n) is 8.04. The van der Waals surface area contributed by atoms with Gasteiger partial charge >= 0.3 is 0 Å². The summed E-state index contributed by atoms with van der Waals surface area (Å²) in [6.45, 7) is 7.86. The minimum atomic E-state index is -3.41. The molecule has 162 valence electrons. The Bertz CT molecular complexity index is 978. The quantitative estimate of drug-likeness (QED) is 0.654. The second-order valence-corrected chi connectivity index (χ2v) is 9.97. The van der Waals surface area contributed by atoms with Gasteiger partial charge < -0.3 is 4.90 Å². The van der Waals surface area contributed by atoms with Gasteiger partial charge in [0.25, 0.3) is 0 Å². The molecule has 30 heavy (non-hydrogen) atoms. The van der Waals surface area contributed by atoms with Crippen LogP contribution in [0.25, 0.3) is 0 Å².